The molecule has 10 heteroatoms. The van der Waals surface area contributed by atoms with Crippen LogP contribution in [0.4, 0.5) is 10.6 Å². The number of rotatable bonds is 8. The molecule has 1 aromatic carbocycles. The van der Waals surface area contributed by atoms with Crippen molar-refractivity contribution >= 4 is 28.7 Å². The number of carbonyl (C=O) groups is 2. The lowest BCUT2D eigenvalue weighted by Gasteiger charge is -2.33. The predicted molar refractivity (Wildman–Crippen MR) is 162 cm³/mol. The lowest BCUT2D eigenvalue weighted by molar-refractivity contribution is 0.0941. The highest BCUT2D eigenvalue weighted by Gasteiger charge is 2.23. The van der Waals surface area contributed by atoms with Gasteiger partial charge in [-0.05, 0) is 75.8 Å². The first-order valence-electron chi connectivity index (χ1n) is 14.8. The van der Waals surface area contributed by atoms with Gasteiger partial charge in [0.05, 0.1) is 16.8 Å². The molecule has 1 aliphatic heterocycles. The van der Waals surface area contributed by atoms with E-state index in [9.17, 15) is 9.59 Å². The number of hydrogen-bond donors (Lipinski definition) is 2. The number of pyridine rings is 2. The van der Waals surface area contributed by atoms with Crippen LogP contribution in [-0.2, 0) is 4.74 Å². The number of carbonyl (C=O) groups excluding carboxylic acids is 2. The van der Waals surface area contributed by atoms with E-state index in [0.29, 0.717) is 30.5 Å². The van der Waals surface area contributed by atoms with Crippen molar-refractivity contribution in [1.82, 2.24) is 25.5 Å². The standard InChI is InChI=1S/C32H39N7O3/c1-22(18-33)42-32(41)36-20-24-9-7-23(8-10-24)19-35-31(40)27-17-29(37-28-6-4-3-5-26(27)28)25-11-12-30(34-21-25)39-15-13-38(2)14-16-39/h3-6,11-12,17,21-24H,7-10,13-16,19-20H2,1-2H3,(H,35,40)(H,36,41). The van der Waals surface area contributed by atoms with Crippen molar-refractivity contribution in [2.75, 3.05) is 51.2 Å². The number of ether oxygens (including phenoxy) is 1. The largest absolute Gasteiger partial charge is 0.431 e. The minimum Gasteiger partial charge on any atom is -0.431 e. The number of nitrogens with zero attached hydrogens (tertiary/aromatic N) is 5. The van der Waals surface area contributed by atoms with Crippen LogP contribution in [0, 0.1) is 23.2 Å². The Labute approximate surface area is 247 Å². The smallest absolute Gasteiger partial charge is 0.408 e. The summed E-state index contributed by atoms with van der Waals surface area (Å²) in [5.41, 5.74) is 3.00. The third-order valence-corrected chi connectivity index (χ3v) is 8.35. The molecule has 42 heavy (non-hydrogen) atoms. The molecule has 1 saturated carbocycles. The molecule has 1 saturated heterocycles. The van der Waals surface area contributed by atoms with E-state index >= 15 is 0 Å². The lowest BCUT2D eigenvalue weighted by Crippen LogP contribution is -2.44. The van der Waals surface area contributed by atoms with Crippen molar-refractivity contribution in [3.8, 4) is 17.3 Å². The van der Waals surface area contributed by atoms with Crippen LogP contribution in [0.1, 0.15) is 43.0 Å². The maximum Gasteiger partial charge on any atom is 0.408 e. The van der Waals surface area contributed by atoms with Gasteiger partial charge in [-0.3, -0.25) is 4.79 Å². The molecule has 10 nitrogen and oxygen atoms in total. The molecule has 2 aliphatic rings. The van der Waals surface area contributed by atoms with Crippen molar-refractivity contribution in [2.45, 2.75) is 38.7 Å². The third-order valence-electron chi connectivity index (χ3n) is 8.35. The van der Waals surface area contributed by atoms with Gasteiger partial charge >= 0.3 is 6.09 Å². The van der Waals surface area contributed by atoms with Gasteiger partial charge in [0.2, 0.25) is 0 Å². The summed E-state index contributed by atoms with van der Waals surface area (Å²) in [5.74, 6) is 1.61. The zero-order valence-corrected chi connectivity index (χ0v) is 24.4. The molecular formula is C32H39N7O3. The van der Waals surface area contributed by atoms with Crippen molar-refractivity contribution in [3.05, 3.63) is 54.2 Å². The van der Waals surface area contributed by atoms with Crippen molar-refractivity contribution in [2.24, 2.45) is 11.8 Å². The summed E-state index contributed by atoms with van der Waals surface area (Å²) in [7, 11) is 2.14. The zero-order chi connectivity index (χ0) is 29.5. The van der Waals surface area contributed by atoms with Crippen LogP contribution in [0.15, 0.2) is 48.7 Å². The summed E-state index contributed by atoms with van der Waals surface area (Å²) in [6.45, 7) is 6.63. The Morgan fingerprint density at radius 2 is 1.71 bits per heavy atom. The fourth-order valence-corrected chi connectivity index (χ4v) is 5.70. The maximum atomic E-state index is 13.5. The van der Waals surface area contributed by atoms with E-state index in [0.717, 1.165) is 79.8 Å². The molecule has 0 bridgehead atoms. The number of hydrogen-bond acceptors (Lipinski definition) is 8. The molecule has 2 aromatic heterocycles. The van der Waals surface area contributed by atoms with Gasteiger partial charge in [-0.25, -0.2) is 14.8 Å². The number of fused-ring (bicyclic) bond motifs is 1. The van der Waals surface area contributed by atoms with Gasteiger partial charge in [0.25, 0.3) is 5.91 Å². The lowest BCUT2D eigenvalue weighted by atomic mass is 9.82. The Bertz CT molecular complexity index is 1420. The normalized spacial score (nSPS) is 20.0. The number of nitrogens with one attached hydrogen (secondary N) is 2. The van der Waals surface area contributed by atoms with E-state index in [1.54, 1.807) is 6.92 Å². The minimum absolute atomic E-state index is 0.102. The first-order valence-corrected chi connectivity index (χ1v) is 14.8. The summed E-state index contributed by atoms with van der Waals surface area (Å²) < 4.78 is 4.95. The SMILES string of the molecule is CC(C#N)OC(=O)NCC1CCC(CNC(=O)c2cc(-c3ccc(N4CCN(C)CC4)nc3)nc3ccccc23)CC1. The quantitative estimate of drug-likeness (QED) is 0.413. The monoisotopic (exact) mass is 569 g/mol. The summed E-state index contributed by atoms with van der Waals surface area (Å²) >= 11 is 0. The van der Waals surface area contributed by atoms with Crippen LogP contribution in [0.25, 0.3) is 22.2 Å². The number of alkyl carbamates (subject to hydrolysis) is 1. The fourth-order valence-electron chi connectivity index (χ4n) is 5.70. The number of nitriles is 1. The van der Waals surface area contributed by atoms with Gasteiger partial charge < -0.3 is 25.2 Å². The Morgan fingerprint density at radius 3 is 2.38 bits per heavy atom. The first kappa shape index (κ1) is 29.3. The molecule has 1 unspecified atom stereocenters. The Kier molecular flexibility index (Phi) is 9.49. The number of likely N-dealkylation sites (N-methyl/N-ethyl adjacent to an activating group) is 1. The fraction of sp³-hybridized carbons (Fsp3) is 0.469. The van der Waals surface area contributed by atoms with Crippen molar-refractivity contribution < 1.29 is 14.3 Å². The predicted octanol–water partition coefficient (Wildman–Crippen LogP) is 4.22. The van der Waals surface area contributed by atoms with Gasteiger partial charge in [-0.1, -0.05) is 18.2 Å². The molecular weight excluding hydrogens is 530 g/mol. The molecule has 3 aromatic rings. The molecule has 220 valence electrons. The molecule has 2 N–H and O–H groups in total. The minimum atomic E-state index is -0.762. The van der Waals surface area contributed by atoms with E-state index in [2.05, 4.69) is 27.5 Å². The Hall–Kier alpha value is -4.23. The van der Waals surface area contributed by atoms with Crippen LogP contribution in [0.3, 0.4) is 0 Å². The summed E-state index contributed by atoms with van der Waals surface area (Å²) in [4.78, 5) is 39.5. The van der Waals surface area contributed by atoms with Gasteiger partial charge in [0, 0.05) is 56.4 Å². The van der Waals surface area contributed by atoms with Gasteiger partial charge in [-0.15, -0.1) is 0 Å². The molecule has 1 atom stereocenters. The third kappa shape index (κ3) is 7.34. The summed E-state index contributed by atoms with van der Waals surface area (Å²) in [6.07, 6.45) is 4.42. The van der Waals surface area contributed by atoms with E-state index in [4.69, 9.17) is 20.0 Å². The number of aromatic nitrogens is 2. The molecule has 1 aliphatic carbocycles. The highest BCUT2D eigenvalue weighted by Crippen LogP contribution is 2.29. The van der Waals surface area contributed by atoms with Crippen LogP contribution >= 0.6 is 0 Å². The number of anilines is 1. The second kappa shape index (κ2) is 13.6. The number of amides is 2. The topological polar surface area (TPSA) is 123 Å². The van der Waals surface area contributed by atoms with Gasteiger partial charge in [0.1, 0.15) is 11.9 Å². The molecule has 2 fully saturated rings. The summed E-state index contributed by atoms with van der Waals surface area (Å²) in [5, 5.41) is 15.5. The van der Waals surface area contributed by atoms with E-state index < -0.39 is 12.2 Å². The highest BCUT2D eigenvalue weighted by molar-refractivity contribution is 6.07. The average molecular weight is 570 g/mol. The summed E-state index contributed by atoms with van der Waals surface area (Å²) in [6, 6.07) is 15.6. The second-order valence-electron chi connectivity index (χ2n) is 11.4. The maximum absolute atomic E-state index is 13.5. The van der Waals surface area contributed by atoms with Crippen LogP contribution < -0.4 is 15.5 Å². The molecule has 2 amide bonds. The number of benzene rings is 1. The Morgan fingerprint density at radius 1 is 1.02 bits per heavy atom. The van der Waals surface area contributed by atoms with E-state index in [1.165, 1.54) is 0 Å². The van der Waals surface area contributed by atoms with Crippen molar-refractivity contribution in [1.29, 1.82) is 5.26 Å². The van der Waals surface area contributed by atoms with Gasteiger partial charge in [0.15, 0.2) is 6.10 Å². The number of piperazine rings is 1. The molecule has 5 rings (SSSR count). The molecule has 0 radical (unpaired) electrons. The van der Waals surface area contributed by atoms with Crippen LogP contribution in [-0.4, -0.2) is 79.3 Å². The number of para-hydroxylation sites is 1. The molecule has 3 heterocycles. The Balaban J connectivity index is 1.19. The van der Waals surface area contributed by atoms with Gasteiger partial charge in [-0.2, -0.15) is 5.26 Å². The highest BCUT2D eigenvalue weighted by atomic mass is 16.6. The zero-order valence-electron chi connectivity index (χ0n) is 24.4. The first-order chi connectivity index (χ1) is 20.4. The second-order valence-corrected chi connectivity index (χ2v) is 11.4. The van der Waals surface area contributed by atoms with E-state index in [-0.39, 0.29) is 5.91 Å². The van der Waals surface area contributed by atoms with Crippen molar-refractivity contribution in [3.63, 3.8) is 0 Å². The van der Waals surface area contributed by atoms with Crippen LogP contribution in [0.2, 0.25) is 0 Å². The molecule has 0 spiro atoms. The average Bonchev–Trinajstić information content (AvgIpc) is 3.03. The van der Waals surface area contributed by atoms with Crippen LogP contribution in [0.5, 0.6) is 0 Å². The van der Waals surface area contributed by atoms with E-state index in [1.807, 2.05) is 54.7 Å².